The number of ketones is 1. The summed E-state index contributed by atoms with van der Waals surface area (Å²) in [5.41, 5.74) is 4.13. The fourth-order valence-electron chi connectivity index (χ4n) is 6.12. The Morgan fingerprint density at radius 1 is 0.947 bits per heavy atom. The molecule has 6 nitrogen and oxygen atoms in total. The second kappa shape index (κ2) is 11.4. The molecule has 0 aromatic heterocycles. The fraction of sp³-hybridized carbons (Fsp3) is 0.452. The van der Waals surface area contributed by atoms with Gasteiger partial charge in [-0.05, 0) is 86.6 Å². The molecular formula is C31H35NO5S. The number of ether oxygens (including phenoxy) is 3. The summed E-state index contributed by atoms with van der Waals surface area (Å²) < 4.78 is 16.9. The van der Waals surface area contributed by atoms with Gasteiger partial charge in [-0.25, -0.2) is 0 Å². The predicted molar refractivity (Wildman–Crippen MR) is 149 cm³/mol. The number of aliphatic imine (C=N–C) groups is 1. The molecule has 200 valence electrons. The first-order chi connectivity index (χ1) is 18.4. The molecule has 2 aromatic carbocycles. The highest BCUT2D eigenvalue weighted by Gasteiger charge is 2.45. The first-order valence-corrected chi connectivity index (χ1v) is 14.5. The van der Waals surface area contributed by atoms with Gasteiger partial charge >= 0.3 is 5.97 Å². The van der Waals surface area contributed by atoms with E-state index in [0.29, 0.717) is 35.6 Å². The van der Waals surface area contributed by atoms with E-state index in [1.165, 1.54) is 0 Å². The van der Waals surface area contributed by atoms with Crippen LogP contribution in [-0.4, -0.2) is 44.0 Å². The molecule has 1 saturated carbocycles. The third-order valence-corrected chi connectivity index (χ3v) is 8.83. The van der Waals surface area contributed by atoms with Gasteiger partial charge in [-0.3, -0.25) is 14.6 Å². The molecule has 7 heteroatoms. The van der Waals surface area contributed by atoms with Crippen molar-refractivity contribution in [3.05, 3.63) is 64.9 Å². The average Bonchev–Trinajstić information content (AvgIpc) is 3.44. The zero-order valence-corrected chi connectivity index (χ0v) is 23.3. The Labute approximate surface area is 228 Å². The summed E-state index contributed by atoms with van der Waals surface area (Å²) in [6.07, 6.45) is 6.95. The van der Waals surface area contributed by atoms with Crippen LogP contribution in [0.25, 0.3) is 0 Å². The van der Waals surface area contributed by atoms with Gasteiger partial charge in [0, 0.05) is 34.2 Å². The van der Waals surface area contributed by atoms with E-state index >= 15 is 0 Å². The van der Waals surface area contributed by atoms with Gasteiger partial charge in [-0.15, -0.1) is 11.8 Å². The number of rotatable bonds is 7. The first-order valence-electron chi connectivity index (χ1n) is 13.3. The van der Waals surface area contributed by atoms with Crippen LogP contribution in [-0.2, 0) is 14.3 Å². The Kier molecular flexibility index (Phi) is 7.93. The molecule has 2 aliphatic carbocycles. The lowest BCUT2D eigenvalue weighted by atomic mass is 9.69. The minimum absolute atomic E-state index is 0.0286. The molecule has 0 N–H and O–H groups in total. The largest absolute Gasteiger partial charge is 0.493 e. The van der Waals surface area contributed by atoms with Gasteiger partial charge in [0.25, 0.3) is 0 Å². The van der Waals surface area contributed by atoms with Crippen molar-refractivity contribution in [3.8, 4) is 11.5 Å². The highest BCUT2D eigenvalue weighted by molar-refractivity contribution is 7.98. The highest BCUT2D eigenvalue weighted by Crippen LogP contribution is 2.48. The quantitative estimate of drug-likeness (QED) is 0.299. The summed E-state index contributed by atoms with van der Waals surface area (Å²) in [7, 11) is 3.22. The maximum Gasteiger partial charge on any atom is 0.315 e. The van der Waals surface area contributed by atoms with Gasteiger partial charge in [0.15, 0.2) is 17.3 Å². The fourth-order valence-corrected chi connectivity index (χ4v) is 6.53. The molecule has 0 bridgehead atoms. The lowest BCUT2D eigenvalue weighted by Gasteiger charge is -2.37. The molecule has 0 amide bonds. The Bertz CT molecular complexity index is 1280. The third-order valence-electron chi connectivity index (χ3n) is 8.08. The van der Waals surface area contributed by atoms with Crippen molar-refractivity contribution in [2.24, 2.45) is 10.9 Å². The zero-order valence-electron chi connectivity index (χ0n) is 22.5. The Morgan fingerprint density at radius 3 is 2.29 bits per heavy atom. The van der Waals surface area contributed by atoms with Crippen molar-refractivity contribution < 1.29 is 23.8 Å². The van der Waals surface area contributed by atoms with Gasteiger partial charge in [0.2, 0.25) is 0 Å². The van der Waals surface area contributed by atoms with Crippen molar-refractivity contribution in [1.29, 1.82) is 0 Å². The highest BCUT2D eigenvalue weighted by atomic mass is 32.2. The smallest absolute Gasteiger partial charge is 0.315 e. The van der Waals surface area contributed by atoms with Crippen LogP contribution in [0.4, 0.5) is 0 Å². The summed E-state index contributed by atoms with van der Waals surface area (Å²) in [6.45, 7) is 1.90. The molecule has 3 atom stereocenters. The van der Waals surface area contributed by atoms with E-state index in [1.807, 2.05) is 43.5 Å². The first kappa shape index (κ1) is 26.5. The van der Waals surface area contributed by atoms with Crippen LogP contribution >= 0.6 is 11.8 Å². The SMILES string of the molecule is COc1ccc([C@H]2CC(=O)C3=C(C2)N=C(C)C(C(=O)OC2CCCC2)[C@H]3c2ccc(SC)cc2)cc1OC. The van der Waals surface area contributed by atoms with Crippen molar-refractivity contribution in [3.63, 3.8) is 0 Å². The summed E-state index contributed by atoms with van der Waals surface area (Å²) in [5.74, 6) is 0.0453. The van der Waals surface area contributed by atoms with E-state index in [9.17, 15) is 9.59 Å². The number of methoxy groups -OCH3 is 2. The number of esters is 1. The number of benzene rings is 2. The van der Waals surface area contributed by atoms with E-state index in [1.54, 1.807) is 26.0 Å². The number of hydrogen-bond acceptors (Lipinski definition) is 7. The van der Waals surface area contributed by atoms with Crippen LogP contribution < -0.4 is 9.47 Å². The average molecular weight is 534 g/mol. The molecule has 0 saturated heterocycles. The minimum Gasteiger partial charge on any atom is -0.493 e. The lowest BCUT2D eigenvalue weighted by molar-refractivity contribution is -0.151. The molecule has 2 aromatic rings. The third kappa shape index (κ3) is 5.13. The molecule has 38 heavy (non-hydrogen) atoms. The van der Waals surface area contributed by atoms with Crippen LogP contribution in [0.15, 0.2) is 63.6 Å². The van der Waals surface area contributed by atoms with Crippen molar-refractivity contribution >= 4 is 29.2 Å². The zero-order chi connectivity index (χ0) is 26.8. The Balaban J connectivity index is 1.52. The van der Waals surface area contributed by atoms with E-state index in [0.717, 1.165) is 47.4 Å². The number of hydrogen-bond donors (Lipinski definition) is 0. The molecule has 1 heterocycles. The molecule has 1 fully saturated rings. The second-order valence-corrected chi connectivity index (χ2v) is 11.2. The number of Topliss-reactive ketones (excluding diaryl/α,β-unsaturated/α-hetero) is 1. The van der Waals surface area contributed by atoms with E-state index in [4.69, 9.17) is 19.2 Å². The van der Waals surface area contributed by atoms with Crippen LogP contribution in [0.2, 0.25) is 0 Å². The number of allylic oxidation sites excluding steroid dienone is 2. The van der Waals surface area contributed by atoms with Crippen LogP contribution in [0.3, 0.4) is 0 Å². The summed E-state index contributed by atoms with van der Waals surface area (Å²) >= 11 is 1.67. The van der Waals surface area contributed by atoms with E-state index in [2.05, 4.69) is 12.1 Å². The normalized spacial score (nSPS) is 23.6. The Hall–Kier alpha value is -3.06. The number of carbonyl (C=O) groups is 2. The minimum atomic E-state index is -0.601. The summed E-state index contributed by atoms with van der Waals surface area (Å²) in [5, 5.41) is 0. The Morgan fingerprint density at radius 2 is 1.63 bits per heavy atom. The van der Waals surface area contributed by atoms with Crippen LogP contribution in [0.1, 0.15) is 68.4 Å². The van der Waals surface area contributed by atoms with Crippen molar-refractivity contribution in [2.45, 2.75) is 68.3 Å². The molecular weight excluding hydrogens is 498 g/mol. The van der Waals surface area contributed by atoms with Crippen molar-refractivity contribution in [2.75, 3.05) is 20.5 Å². The monoisotopic (exact) mass is 533 g/mol. The van der Waals surface area contributed by atoms with Crippen molar-refractivity contribution in [1.82, 2.24) is 0 Å². The topological polar surface area (TPSA) is 74.2 Å². The van der Waals surface area contributed by atoms with Gasteiger partial charge in [-0.2, -0.15) is 0 Å². The predicted octanol–water partition coefficient (Wildman–Crippen LogP) is 6.49. The maximum atomic E-state index is 13.9. The molecule has 1 unspecified atom stereocenters. The number of thioether (sulfide) groups is 1. The lowest BCUT2D eigenvalue weighted by Crippen LogP contribution is -2.39. The molecule has 0 spiro atoms. The number of carbonyl (C=O) groups excluding carboxylic acids is 2. The second-order valence-electron chi connectivity index (χ2n) is 10.3. The van der Waals surface area contributed by atoms with Gasteiger partial charge in [0.05, 0.1) is 14.2 Å². The summed E-state index contributed by atoms with van der Waals surface area (Å²) in [4.78, 5) is 33.5. The molecule has 1 aliphatic heterocycles. The van der Waals surface area contributed by atoms with Crippen LogP contribution in [0, 0.1) is 5.92 Å². The van der Waals surface area contributed by atoms with Gasteiger partial charge in [0.1, 0.15) is 12.0 Å². The number of nitrogens with zero attached hydrogens (tertiary/aromatic N) is 1. The molecule has 3 aliphatic rings. The maximum absolute atomic E-state index is 13.9. The molecule has 5 rings (SSSR count). The standard InChI is InChI=1S/C31H35NO5S/c1-18-28(31(34)37-22-7-5-6-8-22)29(19-9-12-23(38-4)13-10-19)30-24(32-18)15-21(16-25(30)33)20-11-14-26(35-2)27(17-20)36-3/h9-14,17,21-22,28-29H,5-8,15-16H2,1-4H3/t21-,28?,29-/m1/s1. The van der Waals surface area contributed by atoms with Gasteiger partial charge < -0.3 is 14.2 Å². The van der Waals surface area contributed by atoms with E-state index in [-0.39, 0.29) is 23.8 Å². The summed E-state index contributed by atoms with van der Waals surface area (Å²) in [6, 6.07) is 14.0. The van der Waals surface area contributed by atoms with Crippen LogP contribution in [0.5, 0.6) is 11.5 Å². The van der Waals surface area contributed by atoms with Gasteiger partial charge in [-0.1, -0.05) is 18.2 Å². The van der Waals surface area contributed by atoms with E-state index < -0.39 is 11.8 Å². The molecule has 0 radical (unpaired) electrons.